The van der Waals surface area contributed by atoms with Gasteiger partial charge in [-0.3, -0.25) is 9.88 Å². The lowest BCUT2D eigenvalue weighted by Crippen LogP contribution is -2.22. The molecule has 0 aliphatic heterocycles. The molecule has 0 aliphatic rings. The predicted molar refractivity (Wildman–Crippen MR) is 142 cm³/mol. The molecule has 0 aliphatic carbocycles. The molecule has 38 heavy (non-hydrogen) atoms. The highest BCUT2D eigenvalue weighted by Gasteiger charge is 2.31. The third kappa shape index (κ3) is 6.20. The number of ether oxygens (including phenoxy) is 1. The first-order valence-electron chi connectivity index (χ1n) is 11.8. The van der Waals surface area contributed by atoms with E-state index in [-0.39, 0.29) is 5.75 Å². The number of nitriles is 1. The van der Waals surface area contributed by atoms with Crippen LogP contribution in [0.15, 0.2) is 96.6 Å². The summed E-state index contributed by atoms with van der Waals surface area (Å²) in [7, 11) is 0. The zero-order valence-corrected chi connectivity index (χ0v) is 21.0. The number of halogens is 3. The van der Waals surface area contributed by atoms with E-state index in [0.29, 0.717) is 25.2 Å². The predicted octanol–water partition coefficient (Wildman–Crippen LogP) is 7.94. The van der Waals surface area contributed by atoms with Gasteiger partial charge in [0.25, 0.3) is 0 Å². The average Bonchev–Trinajstić information content (AvgIpc) is 3.42. The van der Waals surface area contributed by atoms with Crippen molar-refractivity contribution in [2.45, 2.75) is 26.0 Å². The van der Waals surface area contributed by atoms with Crippen molar-refractivity contribution in [3.63, 3.8) is 0 Å². The summed E-state index contributed by atoms with van der Waals surface area (Å²) in [5.74, 6) is -0.248. The Morgan fingerprint density at radius 1 is 0.842 bits per heavy atom. The molecule has 5 rings (SSSR count). The van der Waals surface area contributed by atoms with E-state index in [9.17, 15) is 18.4 Å². The third-order valence-corrected chi connectivity index (χ3v) is 6.88. The van der Waals surface area contributed by atoms with E-state index in [1.165, 1.54) is 12.1 Å². The van der Waals surface area contributed by atoms with Crippen LogP contribution in [0.2, 0.25) is 0 Å². The zero-order valence-electron chi connectivity index (χ0n) is 20.2. The fourth-order valence-corrected chi connectivity index (χ4v) is 5.13. The molecule has 0 N–H and O–H groups in total. The molecule has 0 unspecified atom stereocenters. The topological polar surface area (TPSA) is 49.2 Å². The summed E-state index contributed by atoms with van der Waals surface area (Å²) in [4.78, 5) is 7.44. The number of alkyl halides is 3. The van der Waals surface area contributed by atoms with Crippen LogP contribution in [0.4, 0.5) is 13.2 Å². The second-order valence-electron chi connectivity index (χ2n) is 8.82. The minimum atomic E-state index is -4.73. The van der Waals surface area contributed by atoms with Crippen molar-refractivity contribution in [3.05, 3.63) is 118 Å². The molecule has 0 radical (unpaired) electrons. The van der Waals surface area contributed by atoms with Crippen LogP contribution in [0, 0.1) is 11.3 Å². The Morgan fingerprint density at radius 3 is 2.32 bits per heavy atom. The maximum Gasteiger partial charge on any atom is 0.573 e. The van der Waals surface area contributed by atoms with Gasteiger partial charge in [0, 0.05) is 36.3 Å². The molecule has 1 heterocycles. The van der Waals surface area contributed by atoms with Gasteiger partial charge in [0.2, 0.25) is 0 Å². The van der Waals surface area contributed by atoms with E-state index in [1.807, 2.05) is 42.6 Å². The van der Waals surface area contributed by atoms with Gasteiger partial charge in [-0.15, -0.1) is 24.5 Å². The molecule has 0 fully saturated rings. The molecule has 0 saturated heterocycles. The number of rotatable bonds is 8. The van der Waals surface area contributed by atoms with Crippen molar-refractivity contribution in [3.8, 4) is 22.9 Å². The molecule has 4 nitrogen and oxygen atoms in total. The van der Waals surface area contributed by atoms with Crippen LogP contribution in [-0.4, -0.2) is 16.2 Å². The minimum Gasteiger partial charge on any atom is -0.406 e. The van der Waals surface area contributed by atoms with Crippen LogP contribution in [-0.2, 0) is 19.6 Å². The van der Waals surface area contributed by atoms with Crippen molar-refractivity contribution >= 4 is 22.1 Å². The molecular weight excluding hydrogens is 507 g/mol. The highest BCUT2D eigenvalue weighted by Crippen LogP contribution is 2.32. The van der Waals surface area contributed by atoms with Gasteiger partial charge in [-0.05, 0) is 51.7 Å². The van der Waals surface area contributed by atoms with E-state index in [2.05, 4.69) is 45.0 Å². The van der Waals surface area contributed by atoms with Crippen molar-refractivity contribution in [2.75, 3.05) is 0 Å². The first kappa shape index (κ1) is 25.5. The summed E-state index contributed by atoms with van der Waals surface area (Å²) >= 11 is 1.55. The first-order valence-corrected chi connectivity index (χ1v) is 12.7. The Labute approximate surface area is 222 Å². The van der Waals surface area contributed by atoms with Crippen LogP contribution in [0.25, 0.3) is 21.9 Å². The zero-order chi connectivity index (χ0) is 26.5. The molecule has 1 aromatic heterocycles. The summed E-state index contributed by atoms with van der Waals surface area (Å²) in [6.45, 7) is 1.70. The maximum absolute atomic E-state index is 12.5. The summed E-state index contributed by atoms with van der Waals surface area (Å²) in [5, 5.41) is 12.0. The van der Waals surface area contributed by atoms with E-state index in [0.717, 1.165) is 37.9 Å². The van der Waals surface area contributed by atoms with Crippen LogP contribution >= 0.6 is 11.3 Å². The largest absolute Gasteiger partial charge is 0.573 e. The lowest BCUT2D eigenvalue weighted by atomic mass is 9.93. The number of thiazole rings is 1. The Morgan fingerprint density at radius 2 is 1.58 bits per heavy atom. The Bertz CT molecular complexity index is 1570. The lowest BCUT2D eigenvalue weighted by molar-refractivity contribution is -0.274. The number of benzene rings is 4. The van der Waals surface area contributed by atoms with Gasteiger partial charge in [0.05, 0.1) is 17.1 Å². The molecule has 8 heteroatoms. The van der Waals surface area contributed by atoms with Gasteiger partial charge < -0.3 is 4.74 Å². The Kier molecular flexibility index (Phi) is 7.40. The van der Waals surface area contributed by atoms with Gasteiger partial charge >= 0.3 is 6.36 Å². The van der Waals surface area contributed by atoms with Crippen molar-refractivity contribution in [1.29, 1.82) is 5.26 Å². The minimum absolute atomic E-state index is 0.248. The monoisotopic (exact) mass is 529 g/mol. The molecule has 0 spiro atoms. The summed E-state index contributed by atoms with van der Waals surface area (Å²) < 4.78 is 41.6. The second-order valence-corrected chi connectivity index (χ2v) is 9.79. The molecular formula is C30H22F3N3OS. The van der Waals surface area contributed by atoms with Crippen LogP contribution in [0.5, 0.6) is 5.75 Å². The number of fused-ring (bicyclic) bond motifs is 1. The SMILES string of the molecule is N#Cc1ccc(CN(Cc2ccc(OC(F)(F)F)cc2)Cc2cncs2)cc1-c1cccc2ccccc12. The summed E-state index contributed by atoms with van der Waals surface area (Å²) in [6, 6.07) is 28.3. The van der Waals surface area contributed by atoms with E-state index >= 15 is 0 Å². The Hall–Kier alpha value is -4.19. The summed E-state index contributed by atoms with van der Waals surface area (Å²) in [5.41, 5.74) is 6.11. The normalized spacial score (nSPS) is 11.6. The molecule has 4 aromatic carbocycles. The number of hydrogen-bond acceptors (Lipinski definition) is 5. The van der Waals surface area contributed by atoms with Crippen molar-refractivity contribution in [2.24, 2.45) is 0 Å². The average molecular weight is 530 g/mol. The van der Waals surface area contributed by atoms with Crippen LogP contribution in [0.3, 0.4) is 0 Å². The molecule has 0 saturated carbocycles. The standard InChI is InChI=1S/C30H22F3N3OS/c31-30(32,33)37-25-12-9-21(10-13-25)17-36(19-26-16-35-20-38-26)18-22-8-11-24(15-34)29(14-22)28-7-3-5-23-4-1-2-6-27(23)28/h1-14,16,20H,17-19H2. The second kappa shape index (κ2) is 11.1. The van der Waals surface area contributed by atoms with Crippen LogP contribution < -0.4 is 4.74 Å². The van der Waals surface area contributed by atoms with E-state index < -0.39 is 6.36 Å². The van der Waals surface area contributed by atoms with Crippen molar-refractivity contribution in [1.82, 2.24) is 9.88 Å². The molecule has 0 atom stereocenters. The molecule has 5 aromatic rings. The lowest BCUT2D eigenvalue weighted by Gasteiger charge is -2.23. The van der Waals surface area contributed by atoms with Crippen molar-refractivity contribution < 1.29 is 17.9 Å². The first-order chi connectivity index (χ1) is 18.4. The van der Waals surface area contributed by atoms with Crippen LogP contribution in [0.1, 0.15) is 21.6 Å². The highest BCUT2D eigenvalue weighted by molar-refractivity contribution is 7.09. The van der Waals surface area contributed by atoms with Gasteiger partial charge in [0.15, 0.2) is 0 Å². The van der Waals surface area contributed by atoms with E-state index in [4.69, 9.17) is 0 Å². The van der Waals surface area contributed by atoms with Gasteiger partial charge in [-0.2, -0.15) is 5.26 Å². The third-order valence-electron chi connectivity index (χ3n) is 6.12. The van der Waals surface area contributed by atoms with Gasteiger partial charge in [0.1, 0.15) is 5.75 Å². The fourth-order valence-electron chi connectivity index (χ4n) is 4.49. The maximum atomic E-state index is 12.5. The molecule has 0 amide bonds. The Balaban J connectivity index is 1.44. The fraction of sp³-hybridized carbons (Fsp3) is 0.133. The smallest absolute Gasteiger partial charge is 0.406 e. The number of hydrogen-bond donors (Lipinski definition) is 0. The quantitative estimate of drug-likeness (QED) is 0.205. The number of nitrogens with zero attached hydrogens (tertiary/aromatic N) is 3. The molecule has 190 valence electrons. The molecule has 0 bridgehead atoms. The van der Waals surface area contributed by atoms with Gasteiger partial charge in [-0.1, -0.05) is 60.7 Å². The summed E-state index contributed by atoms with van der Waals surface area (Å²) in [6.07, 6.45) is -2.91. The highest BCUT2D eigenvalue weighted by atomic mass is 32.1. The number of aromatic nitrogens is 1. The van der Waals surface area contributed by atoms with Gasteiger partial charge in [-0.25, -0.2) is 0 Å². The van der Waals surface area contributed by atoms with E-state index in [1.54, 1.807) is 29.0 Å².